The molecule has 0 spiro atoms. The van der Waals surface area contributed by atoms with E-state index in [-0.39, 0.29) is 17.9 Å². The summed E-state index contributed by atoms with van der Waals surface area (Å²) in [5.41, 5.74) is -0.0101. The van der Waals surface area contributed by atoms with Gasteiger partial charge in [0, 0.05) is 11.1 Å². The number of fused-ring (bicyclic) bond motifs is 2. The number of hydrogen-bond donors (Lipinski definition) is 2. The van der Waals surface area contributed by atoms with Crippen molar-refractivity contribution in [1.29, 1.82) is 0 Å². The van der Waals surface area contributed by atoms with E-state index in [1.807, 2.05) is 0 Å². The second kappa shape index (κ2) is 3.00. The second-order valence-corrected chi connectivity index (χ2v) is 3.61. The Bertz CT molecular complexity index is 547. The van der Waals surface area contributed by atoms with Gasteiger partial charge in [-0.1, -0.05) is 0 Å². The average molecular weight is 234 g/mol. The van der Waals surface area contributed by atoms with Gasteiger partial charge in [-0.3, -0.25) is 9.59 Å². The number of aliphatic hydroxyl groups is 2. The molecule has 3 rings (SSSR count). The Morgan fingerprint density at radius 2 is 1.29 bits per heavy atom. The number of allylic oxidation sites excluding steroid dienone is 2. The summed E-state index contributed by atoms with van der Waals surface area (Å²) in [4.78, 5) is 23.3. The molecule has 1 aliphatic carbocycles. The Morgan fingerprint density at radius 1 is 0.882 bits per heavy atom. The predicted molar refractivity (Wildman–Crippen MR) is 53.5 cm³/mol. The van der Waals surface area contributed by atoms with Crippen LogP contribution in [0.1, 0.15) is 20.7 Å². The van der Waals surface area contributed by atoms with Crippen molar-refractivity contribution < 1.29 is 29.3 Å². The summed E-state index contributed by atoms with van der Waals surface area (Å²) in [6.45, 7) is 0.00595. The van der Waals surface area contributed by atoms with Crippen molar-refractivity contribution in [3.05, 3.63) is 34.8 Å². The van der Waals surface area contributed by atoms with E-state index < -0.39 is 23.1 Å². The largest absolute Gasteiger partial charge is 0.501 e. The van der Waals surface area contributed by atoms with E-state index in [0.717, 1.165) is 0 Å². The lowest BCUT2D eigenvalue weighted by Crippen LogP contribution is -2.21. The monoisotopic (exact) mass is 234 g/mol. The number of benzene rings is 1. The molecule has 0 bridgehead atoms. The zero-order valence-corrected chi connectivity index (χ0v) is 8.39. The normalized spacial score (nSPS) is 17.4. The molecule has 1 aliphatic heterocycles. The predicted octanol–water partition coefficient (Wildman–Crippen LogP) is 1.12. The van der Waals surface area contributed by atoms with Gasteiger partial charge in [-0.2, -0.15) is 0 Å². The van der Waals surface area contributed by atoms with Crippen LogP contribution in [0.5, 0.6) is 11.5 Å². The molecular weight excluding hydrogens is 228 g/mol. The van der Waals surface area contributed by atoms with E-state index in [1.54, 1.807) is 0 Å². The highest BCUT2D eigenvalue weighted by Crippen LogP contribution is 2.37. The van der Waals surface area contributed by atoms with Gasteiger partial charge in [-0.05, 0) is 12.1 Å². The van der Waals surface area contributed by atoms with Crippen molar-refractivity contribution in [3.63, 3.8) is 0 Å². The number of Topliss-reactive ketones (excluding diaryl/α,β-unsaturated/α-hetero) is 2. The number of carbonyl (C=O) groups excluding carboxylic acids is 2. The van der Waals surface area contributed by atoms with Gasteiger partial charge in [0.15, 0.2) is 11.5 Å². The lowest BCUT2D eigenvalue weighted by Gasteiger charge is -2.14. The van der Waals surface area contributed by atoms with Crippen LogP contribution >= 0.6 is 0 Å². The molecular formula is C11H6O6. The van der Waals surface area contributed by atoms with Crippen LogP contribution in [0.4, 0.5) is 0 Å². The molecule has 1 aromatic carbocycles. The van der Waals surface area contributed by atoms with E-state index in [4.69, 9.17) is 9.47 Å². The van der Waals surface area contributed by atoms with Gasteiger partial charge in [0.25, 0.3) is 0 Å². The van der Waals surface area contributed by atoms with Gasteiger partial charge in [0.1, 0.15) is 0 Å². The first kappa shape index (κ1) is 9.71. The van der Waals surface area contributed by atoms with Crippen molar-refractivity contribution in [1.82, 2.24) is 0 Å². The molecule has 1 heterocycles. The Labute approximate surface area is 94.7 Å². The van der Waals surface area contributed by atoms with Gasteiger partial charge in [-0.25, -0.2) is 0 Å². The van der Waals surface area contributed by atoms with Crippen LogP contribution in [-0.2, 0) is 0 Å². The van der Waals surface area contributed by atoms with Gasteiger partial charge < -0.3 is 19.7 Å². The molecule has 0 radical (unpaired) electrons. The Hall–Kier alpha value is -2.50. The molecule has 0 unspecified atom stereocenters. The Morgan fingerprint density at radius 3 is 1.71 bits per heavy atom. The number of aliphatic hydroxyl groups excluding tert-OH is 2. The number of rotatable bonds is 0. The summed E-state index contributed by atoms with van der Waals surface area (Å²) >= 11 is 0. The zero-order valence-electron chi connectivity index (χ0n) is 8.39. The second-order valence-electron chi connectivity index (χ2n) is 3.61. The summed E-state index contributed by atoms with van der Waals surface area (Å²) in [6, 6.07) is 2.64. The lowest BCUT2D eigenvalue weighted by molar-refractivity contribution is 0.0880. The van der Waals surface area contributed by atoms with Crippen LogP contribution in [0, 0.1) is 0 Å². The highest BCUT2D eigenvalue weighted by molar-refractivity contribution is 6.25. The average Bonchev–Trinajstić information content (AvgIpc) is 2.79. The van der Waals surface area contributed by atoms with E-state index >= 15 is 0 Å². The smallest absolute Gasteiger partial charge is 0.232 e. The van der Waals surface area contributed by atoms with Crippen molar-refractivity contribution in [2.24, 2.45) is 0 Å². The summed E-state index contributed by atoms with van der Waals surface area (Å²) in [7, 11) is 0. The van der Waals surface area contributed by atoms with E-state index in [0.29, 0.717) is 11.5 Å². The third-order valence-corrected chi connectivity index (χ3v) is 2.66. The molecule has 0 aromatic heterocycles. The fourth-order valence-electron chi connectivity index (χ4n) is 1.79. The van der Waals surface area contributed by atoms with Crippen molar-refractivity contribution in [3.8, 4) is 11.5 Å². The number of hydrogen-bond acceptors (Lipinski definition) is 6. The quantitative estimate of drug-likeness (QED) is 0.698. The zero-order chi connectivity index (χ0) is 12.2. The molecule has 86 valence electrons. The molecule has 6 heteroatoms. The van der Waals surface area contributed by atoms with Crippen LogP contribution in [0.15, 0.2) is 23.7 Å². The highest BCUT2D eigenvalue weighted by atomic mass is 16.7. The standard InChI is InChI=1S/C11H6O6/c12-8-4-1-6-7(17-3-16-6)2-5(4)9(13)11(15)10(8)14/h1-2,14-15H,3H2. The minimum absolute atomic E-state index is 0.00505. The Kier molecular flexibility index (Phi) is 1.72. The van der Waals surface area contributed by atoms with E-state index in [1.165, 1.54) is 12.1 Å². The van der Waals surface area contributed by atoms with Gasteiger partial charge >= 0.3 is 0 Å². The summed E-state index contributed by atoms with van der Waals surface area (Å²) in [5, 5.41) is 18.6. The molecule has 0 saturated carbocycles. The van der Waals surface area contributed by atoms with Gasteiger partial charge in [0.2, 0.25) is 29.9 Å². The minimum atomic E-state index is -0.943. The summed E-state index contributed by atoms with van der Waals surface area (Å²) in [5.74, 6) is -2.84. The molecule has 2 aliphatic rings. The lowest BCUT2D eigenvalue weighted by atomic mass is 9.92. The third kappa shape index (κ3) is 1.14. The van der Waals surface area contributed by atoms with E-state index in [2.05, 4.69) is 0 Å². The van der Waals surface area contributed by atoms with Crippen LogP contribution in [0.25, 0.3) is 0 Å². The van der Waals surface area contributed by atoms with Crippen LogP contribution in [-0.4, -0.2) is 28.6 Å². The third-order valence-electron chi connectivity index (χ3n) is 2.66. The fourth-order valence-corrected chi connectivity index (χ4v) is 1.79. The first-order valence-electron chi connectivity index (χ1n) is 4.75. The summed E-state index contributed by atoms with van der Waals surface area (Å²) in [6.07, 6.45) is 0. The van der Waals surface area contributed by atoms with Crippen LogP contribution < -0.4 is 9.47 Å². The van der Waals surface area contributed by atoms with Crippen molar-refractivity contribution >= 4 is 11.6 Å². The van der Waals surface area contributed by atoms with Crippen molar-refractivity contribution in [2.75, 3.05) is 6.79 Å². The molecule has 6 nitrogen and oxygen atoms in total. The highest BCUT2D eigenvalue weighted by Gasteiger charge is 2.34. The van der Waals surface area contributed by atoms with Crippen molar-refractivity contribution in [2.45, 2.75) is 0 Å². The van der Waals surface area contributed by atoms with E-state index in [9.17, 15) is 19.8 Å². The molecule has 2 N–H and O–H groups in total. The minimum Gasteiger partial charge on any atom is -0.501 e. The molecule has 1 aromatic rings. The number of carbonyl (C=O) groups is 2. The molecule has 0 saturated heterocycles. The maximum atomic E-state index is 11.7. The number of ether oxygens (including phenoxy) is 2. The fraction of sp³-hybridized carbons (Fsp3) is 0.0909. The van der Waals surface area contributed by atoms with Gasteiger partial charge in [0.05, 0.1) is 0 Å². The first-order valence-corrected chi connectivity index (χ1v) is 4.75. The SMILES string of the molecule is O=C1C(O)=C(O)C(=O)c2cc3c(cc21)OCO3. The molecule has 0 atom stereocenters. The van der Waals surface area contributed by atoms with Gasteiger partial charge in [-0.15, -0.1) is 0 Å². The maximum Gasteiger partial charge on any atom is 0.232 e. The molecule has 17 heavy (non-hydrogen) atoms. The number of ketones is 2. The maximum absolute atomic E-state index is 11.7. The first-order chi connectivity index (χ1) is 8.09. The Balaban J connectivity index is 2.27. The van der Waals surface area contributed by atoms with Crippen LogP contribution in [0.3, 0.4) is 0 Å². The molecule has 0 amide bonds. The topological polar surface area (TPSA) is 93.1 Å². The van der Waals surface area contributed by atoms with Crippen LogP contribution in [0.2, 0.25) is 0 Å². The summed E-state index contributed by atoms with van der Waals surface area (Å²) < 4.78 is 10.1. The molecule has 0 fully saturated rings.